The maximum absolute atomic E-state index is 5.61. The standard InChI is InChI=1S/C24H28N4OS2/c1-3-29-12-11-28-10-4-5-18(16(28)2)23-14-19-20(8-9-25-24(19)31-23)27-17-6-7-22-21(13-17)26-15-30-22/h6-9,13-16,18H,3-5,10-12H2,1-2H3,(H,25,27)/t16-,18-/m0/s1. The molecule has 7 heteroatoms. The van der Waals surface area contributed by atoms with Gasteiger partial charge in [-0.25, -0.2) is 9.97 Å². The van der Waals surface area contributed by atoms with Gasteiger partial charge in [0.25, 0.3) is 0 Å². The lowest BCUT2D eigenvalue weighted by atomic mass is 9.88. The number of thiazole rings is 1. The highest BCUT2D eigenvalue weighted by atomic mass is 32.1. The van der Waals surface area contributed by atoms with E-state index in [0.29, 0.717) is 12.0 Å². The van der Waals surface area contributed by atoms with Crippen LogP contribution < -0.4 is 5.32 Å². The number of thiophene rings is 1. The summed E-state index contributed by atoms with van der Waals surface area (Å²) in [5.41, 5.74) is 5.10. The van der Waals surface area contributed by atoms with E-state index in [2.05, 4.69) is 64.4 Å². The Morgan fingerprint density at radius 1 is 1.23 bits per heavy atom. The Bertz CT molecular complexity index is 1170. The summed E-state index contributed by atoms with van der Waals surface area (Å²) in [6.45, 7) is 8.22. The second kappa shape index (κ2) is 9.20. The predicted octanol–water partition coefficient (Wildman–Crippen LogP) is 6.25. The molecule has 2 atom stereocenters. The predicted molar refractivity (Wildman–Crippen MR) is 132 cm³/mol. The third-order valence-corrected chi connectivity index (χ3v) is 8.26. The van der Waals surface area contributed by atoms with Crippen molar-refractivity contribution in [2.75, 3.05) is 31.6 Å². The fourth-order valence-electron chi connectivity index (χ4n) is 4.58. The molecule has 5 rings (SSSR count). The number of hydrogen-bond acceptors (Lipinski definition) is 7. The van der Waals surface area contributed by atoms with Gasteiger partial charge in [0.1, 0.15) is 4.83 Å². The van der Waals surface area contributed by atoms with Crippen molar-refractivity contribution in [1.82, 2.24) is 14.9 Å². The van der Waals surface area contributed by atoms with Crippen molar-refractivity contribution in [2.24, 2.45) is 0 Å². The number of fused-ring (bicyclic) bond motifs is 2. The molecule has 0 bridgehead atoms. The molecule has 1 N–H and O–H groups in total. The maximum Gasteiger partial charge on any atom is 0.125 e. The zero-order valence-corrected chi connectivity index (χ0v) is 19.6. The van der Waals surface area contributed by atoms with Crippen LogP contribution in [0.25, 0.3) is 20.4 Å². The lowest BCUT2D eigenvalue weighted by molar-refractivity contribution is 0.0748. The first kappa shape index (κ1) is 20.8. The number of pyridine rings is 1. The lowest BCUT2D eigenvalue weighted by Crippen LogP contribution is -2.43. The molecule has 0 spiro atoms. The van der Waals surface area contributed by atoms with Crippen LogP contribution in [0.1, 0.15) is 37.5 Å². The van der Waals surface area contributed by atoms with E-state index < -0.39 is 0 Å². The first-order chi connectivity index (χ1) is 15.2. The minimum absolute atomic E-state index is 0.519. The van der Waals surface area contributed by atoms with E-state index in [-0.39, 0.29) is 0 Å². The first-order valence-electron chi connectivity index (χ1n) is 11.0. The first-order valence-corrected chi connectivity index (χ1v) is 12.7. The lowest BCUT2D eigenvalue weighted by Gasteiger charge is -2.39. The Morgan fingerprint density at radius 3 is 3.06 bits per heavy atom. The third-order valence-electron chi connectivity index (χ3n) is 6.28. The topological polar surface area (TPSA) is 50.3 Å². The van der Waals surface area contributed by atoms with Gasteiger partial charge < -0.3 is 10.1 Å². The Hall–Kier alpha value is -2.06. The third kappa shape index (κ3) is 4.32. The molecule has 0 aliphatic carbocycles. The molecule has 4 heterocycles. The van der Waals surface area contributed by atoms with Gasteiger partial charge in [0.15, 0.2) is 0 Å². The summed E-state index contributed by atoms with van der Waals surface area (Å²) in [4.78, 5) is 14.3. The van der Waals surface area contributed by atoms with E-state index in [1.54, 1.807) is 11.3 Å². The number of nitrogens with one attached hydrogen (secondary N) is 1. The van der Waals surface area contributed by atoms with E-state index in [1.165, 1.54) is 34.3 Å². The molecule has 1 aliphatic heterocycles. The van der Waals surface area contributed by atoms with Crippen LogP contribution in [0.2, 0.25) is 0 Å². The highest BCUT2D eigenvalue weighted by Crippen LogP contribution is 2.40. The summed E-state index contributed by atoms with van der Waals surface area (Å²) >= 11 is 3.52. The SMILES string of the molecule is CCOCCN1CCC[C@H](c2cc3c(Nc4ccc5scnc5c4)ccnc3s2)[C@@H]1C. The number of likely N-dealkylation sites (tertiary alicyclic amines) is 1. The van der Waals surface area contributed by atoms with Gasteiger partial charge in [-0.2, -0.15) is 0 Å². The molecular weight excluding hydrogens is 424 g/mol. The van der Waals surface area contributed by atoms with Gasteiger partial charge >= 0.3 is 0 Å². The van der Waals surface area contributed by atoms with Gasteiger partial charge in [0.05, 0.1) is 28.0 Å². The largest absolute Gasteiger partial charge is 0.380 e. The van der Waals surface area contributed by atoms with Crippen molar-refractivity contribution in [1.29, 1.82) is 0 Å². The Morgan fingerprint density at radius 2 is 2.16 bits per heavy atom. The number of rotatable bonds is 7. The second-order valence-electron chi connectivity index (χ2n) is 8.11. The molecule has 5 nitrogen and oxygen atoms in total. The van der Waals surface area contributed by atoms with Crippen molar-refractivity contribution in [3.05, 3.63) is 46.9 Å². The number of nitrogens with zero attached hydrogens (tertiary/aromatic N) is 3. The fourth-order valence-corrected chi connectivity index (χ4v) is 6.49. The maximum atomic E-state index is 5.61. The Balaban J connectivity index is 1.39. The highest BCUT2D eigenvalue weighted by Gasteiger charge is 2.30. The number of ether oxygens (including phenoxy) is 1. The number of anilines is 2. The molecule has 162 valence electrons. The summed E-state index contributed by atoms with van der Waals surface area (Å²) < 4.78 is 6.82. The summed E-state index contributed by atoms with van der Waals surface area (Å²) in [7, 11) is 0. The fraction of sp³-hybridized carbons (Fsp3) is 0.417. The van der Waals surface area contributed by atoms with Crippen LogP contribution in [-0.2, 0) is 4.74 Å². The summed E-state index contributed by atoms with van der Waals surface area (Å²) in [6, 6.07) is 11.3. The molecule has 1 fully saturated rings. The molecule has 1 aliphatic rings. The number of aromatic nitrogens is 2. The average Bonchev–Trinajstić information content (AvgIpc) is 3.42. The van der Waals surface area contributed by atoms with Gasteiger partial charge in [-0.1, -0.05) is 0 Å². The van der Waals surface area contributed by atoms with E-state index in [0.717, 1.165) is 41.5 Å². The molecule has 1 saturated heterocycles. The molecule has 0 saturated carbocycles. The van der Waals surface area contributed by atoms with E-state index in [4.69, 9.17) is 4.74 Å². The number of piperidine rings is 1. The molecule has 3 aromatic heterocycles. The van der Waals surface area contributed by atoms with Crippen molar-refractivity contribution >= 4 is 54.5 Å². The molecular formula is C24H28N4OS2. The van der Waals surface area contributed by atoms with Crippen LogP contribution >= 0.6 is 22.7 Å². The van der Waals surface area contributed by atoms with Gasteiger partial charge in [0, 0.05) is 47.3 Å². The number of benzene rings is 1. The second-order valence-corrected chi connectivity index (χ2v) is 10.1. The van der Waals surface area contributed by atoms with Crippen LogP contribution in [0.4, 0.5) is 11.4 Å². The summed E-state index contributed by atoms with van der Waals surface area (Å²) in [5.74, 6) is 0.550. The van der Waals surface area contributed by atoms with Crippen molar-refractivity contribution in [3.8, 4) is 0 Å². The van der Waals surface area contributed by atoms with Crippen LogP contribution in [0.5, 0.6) is 0 Å². The van der Waals surface area contributed by atoms with Crippen LogP contribution in [0.15, 0.2) is 42.0 Å². The molecule has 4 aromatic rings. The summed E-state index contributed by atoms with van der Waals surface area (Å²) in [5, 5.41) is 4.81. The zero-order chi connectivity index (χ0) is 21.2. The van der Waals surface area contributed by atoms with E-state index in [9.17, 15) is 0 Å². The average molecular weight is 453 g/mol. The number of hydrogen-bond donors (Lipinski definition) is 1. The Kier molecular flexibility index (Phi) is 6.18. The van der Waals surface area contributed by atoms with Crippen LogP contribution in [-0.4, -0.2) is 47.2 Å². The van der Waals surface area contributed by atoms with E-state index >= 15 is 0 Å². The van der Waals surface area contributed by atoms with Gasteiger partial charge in [-0.15, -0.1) is 22.7 Å². The molecule has 31 heavy (non-hydrogen) atoms. The normalized spacial score (nSPS) is 19.9. The van der Waals surface area contributed by atoms with Crippen LogP contribution in [0, 0.1) is 0 Å². The minimum Gasteiger partial charge on any atom is -0.380 e. The van der Waals surface area contributed by atoms with Crippen LogP contribution in [0.3, 0.4) is 0 Å². The summed E-state index contributed by atoms with van der Waals surface area (Å²) in [6.07, 6.45) is 4.38. The molecule has 0 amide bonds. The van der Waals surface area contributed by atoms with Gasteiger partial charge in [-0.05, 0) is 63.6 Å². The smallest absolute Gasteiger partial charge is 0.125 e. The monoisotopic (exact) mass is 452 g/mol. The van der Waals surface area contributed by atoms with Crippen molar-refractivity contribution in [3.63, 3.8) is 0 Å². The van der Waals surface area contributed by atoms with Gasteiger partial charge in [0.2, 0.25) is 0 Å². The van der Waals surface area contributed by atoms with Crippen molar-refractivity contribution < 1.29 is 4.74 Å². The van der Waals surface area contributed by atoms with Gasteiger partial charge in [-0.3, -0.25) is 4.90 Å². The van der Waals surface area contributed by atoms with Crippen molar-refractivity contribution in [2.45, 2.75) is 38.6 Å². The zero-order valence-electron chi connectivity index (χ0n) is 18.0. The minimum atomic E-state index is 0.519. The highest BCUT2D eigenvalue weighted by molar-refractivity contribution is 7.18. The van der Waals surface area contributed by atoms with E-state index in [1.807, 2.05) is 23.0 Å². The molecule has 0 unspecified atom stereocenters. The molecule has 0 radical (unpaired) electrons. The Labute approximate surface area is 191 Å². The molecule has 1 aromatic carbocycles. The quantitative estimate of drug-likeness (QED) is 0.336.